The summed E-state index contributed by atoms with van der Waals surface area (Å²) < 4.78 is 25.6. The van der Waals surface area contributed by atoms with E-state index in [4.69, 9.17) is 26.8 Å². The number of rotatable bonds is 8. The van der Waals surface area contributed by atoms with E-state index in [-0.39, 0.29) is 27.1 Å². The average molecular weight is 517 g/mol. The highest BCUT2D eigenvalue weighted by Crippen LogP contribution is 2.33. The summed E-state index contributed by atoms with van der Waals surface area (Å²) in [7, 11) is 0. The van der Waals surface area contributed by atoms with E-state index >= 15 is 0 Å². The highest BCUT2D eigenvalue weighted by molar-refractivity contribution is 8.26. The number of carboxylic acids is 1. The zero-order valence-corrected chi connectivity index (χ0v) is 20.2. The van der Waals surface area contributed by atoms with Crippen LogP contribution < -0.4 is 4.74 Å². The molecule has 2 aliphatic rings. The Labute approximate surface area is 210 Å². The number of thiocarbonyl (C=S) groups is 1. The van der Waals surface area contributed by atoms with Gasteiger partial charge in [0.05, 0.1) is 10.9 Å². The van der Waals surface area contributed by atoms with Gasteiger partial charge in [0.15, 0.2) is 11.6 Å². The van der Waals surface area contributed by atoms with Crippen molar-refractivity contribution in [2.24, 2.45) is 0 Å². The molecule has 2 amide bonds. The molecule has 1 unspecified atom stereocenters. The molecule has 0 aromatic heterocycles. The summed E-state index contributed by atoms with van der Waals surface area (Å²) in [5.74, 6) is -1.86. The summed E-state index contributed by atoms with van der Waals surface area (Å²) in [4.78, 5) is 37.9. The quantitative estimate of drug-likeness (QED) is 0.410. The second-order valence-electron chi connectivity index (χ2n) is 7.82. The van der Waals surface area contributed by atoms with Gasteiger partial charge in [-0.3, -0.25) is 14.5 Å². The summed E-state index contributed by atoms with van der Waals surface area (Å²) in [6.07, 6.45) is 1.80. The maximum Gasteiger partial charge on any atom is 0.410 e. The Hall–Kier alpha value is -3.44. The zero-order valence-electron chi connectivity index (χ0n) is 18.6. The Morgan fingerprint density at radius 1 is 1.29 bits per heavy atom. The molecule has 0 spiro atoms. The van der Waals surface area contributed by atoms with Crippen molar-refractivity contribution in [3.8, 4) is 11.5 Å². The first kappa shape index (κ1) is 24.7. The number of carboxylic acid groups (broad SMARTS) is 1. The predicted molar refractivity (Wildman–Crippen MR) is 132 cm³/mol. The van der Waals surface area contributed by atoms with E-state index in [9.17, 15) is 18.8 Å². The van der Waals surface area contributed by atoms with E-state index in [0.29, 0.717) is 30.9 Å². The lowest BCUT2D eigenvalue weighted by atomic mass is 10.1. The van der Waals surface area contributed by atoms with Crippen molar-refractivity contribution in [2.45, 2.75) is 19.4 Å². The first-order valence-electron chi connectivity index (χ1n) is 10.7. The summed E-state index contributed by atoms with van der Waals surface area (Å²) >= 11 is 6.03. The van der Waals surface area contributed by atoms with Crippen LogP contribution in [0.25, 0.3) is 6.08 Å². The fraction of sp³-hybridized carbons (Fsp3) is 0.250. The molecule has 11 heteroatoms. The van der Waals surface area contributed by atoms with E-state index < -0.39 is 24.2 Å². The van der Waals surface area contributed by atoms with Gasteiger partial charge in [0.2, 0.25) is 0 Å². The van der Waals surface area contributed by atoms with Crippen LogP contribution in [0.15, 0.2) is 47.4 Å². The number of hydrogen-bond acceptors (Lipinski definition) is 7. The number of carbonyl (C=O) groups is 3. The van der Waals surface area contributed by atoms with Crippen molar-refractivity contribution >= 4 is 52.3 Å². The van der Waals surface area contributed by atoms with Crippen molar-refractivity contribution < 1.29 is 33.4 Å². The van der Waals surface area contributed by atoms with Crippen molar-refractivity contribution in [1.29, 1.82) is 0 Å². The molecule has 1 atom stereocenters. The van der Waals surface area contributed by atoms with E-state index in [1.54, 1.807) is 23.1 Å². The van der Waals surface area contributed by atoms with Crippen LogP contribution in [-0.2, 0) is 20.7 Å². The summed E-state index contributed by atoms with van der Waals surface area (Å²) in [6, 6.07) is 11.4. The number of ether oxygens (including phenoxy) is 2. The number of benzene rings is 2. The lowest BCUT2D eigenvalue weighted by molar-refractivity contribution is -0.140. The highest BCUT2D eigenvalue weighted by Gasteiger charge is 2.33. The molecular weight excluding hydrogens is 495 g/mol. The SMILES string of the molecule is CCN1C(=O)OCC1Cc1ccc(Oc2ccc(/C=C3/SC(=S)N(CC(=O)O)C3=O)cc2F)cc1. The number of cyclic esters (lactones) is 1. The maximum absolute atomic E-state index is 14.7. The topological polar surface area (TPSA) is 96.4 Å². The van der Waals surface area contributed by atoms with E-state index in [2.05, 4.69) is 0 Å². The molecule has 0 radical (unpaired) electrons. The molecule has 2 aliphatic heterocycles. The molecule has 0 aliphatic carbocycles. The first-order chi connectivity index (χ1) is 16.7. The van der Waals surface area contributed by atoms with Crippen molar-refractivity contribution in [3.05, 3.63) is 64.3 Å². The molecule has 0 bridgehead atoms. The number of likely N-dealkylation sites (N-methyl/N-ethyl adjacent to an activating group) is 1. The Bertz CT molecular complexity index is 1220. The zero-order chi connectivity index (χ0) is 25.1. The Morgan fingerprint density at radius 2 is 2.03 bits per heavy atom. The number of carbonyl (C=O) groups excluding carboxylic acids is 2. The van der Waals surface area contributed by atoms with E-state index in [0.717, 1.165) is 22.2 Å². The minimum atomic E-state index is -1.17. The normalized spacial score (nSPS) is 19.0. The number of amides is 2. The molecule has 0 saturated carbocycles. The van der Waals surface area contributed by atoms with Crippen LogP contribution >= 0.6 is 24.0 Å². The van der Waals surface area contributed by atoms with Gasteiger partial charge in [-0.15, -0.1) is 0 Å². The standard InChI is InChI=1S/C24H21FN2O6S2/c1-2-26-16(13-32-23(26)31)9-14-3-6-17(7-4-14)33-19-8-5-15(10-18(19)25)11-20-22(30)27(12-21(28)29)24(34)35-20/h3-8,10-11,16H,2,9,12-13H2,1H3,(H,28,29)/b20-11+. The molecule has 1 N–H and O–H groups in total. The van der Waals surface area contributed by atoms with Gasteiger partial charge in [-0.2, -0.15) is 0 Å². The van der Waals surface area contributed by atoms with Crippen molar-refractivity contribution in [2.75, 3.05) is 19.7 Å². The van der Waals surface area contributed by atoms with Crippen LogP contribution in [0.4, 0.5) is 9.18 Å². The number of hydrogen-bond donors (Lipinski definition) is 1. The van der Waals surface area contributed by atoms with Crippen molar-refractivity contribution in [3.63, 3.8) is 0 Å². The van der Waals surface area contributed by atoms with Gasteiger partial charge >= 0.3 is 12.1 Å². The molecule has 2 saturated heterocycles. The van der Waals surface area contributed by atoms with Gasteiger partial charge < -0.3 is 19.5 Å². The third-order valence-corrected chi connectivity index (χ3v) is 6.84. The van der Waals surface area contributed by atoms with Gasteiger partial charge in [-0.25, -0.2) is 9.18 Å². The van der Waals surface area contributed by atoms with Gasteiger partial charge in [-0.1, -0.05) is 42.2 Å². The first-order valence-corrected chi connectivity index (χ1v) is 11.9. The minimum absolute atomic E-state index is 0.0141. The lowest BCUT2D eigenvalue weighted by Gasteiger charge is -2.19. The molecule has 4 rings (SSSR count). The summed E-state index contributed by atoms with van der Waals surface area (Å²) in [5, 5.41) is 8.92. The number of nitrogens with zero attached hydrogens (tertiary/aromatic N) is 2. The fourth-order valence-corrected chi connectivity index (χ4v) is 5.01. The Kier molecular flexibility index (Phi) is 7.37. The van der Waals surface area contributed by atoms with Crippen LogP contribution in [0.1, 0.15) is 18.1 Å². The van der Waals surface area contributed by atoms with Gasteiger partial charge in [-0.05, 0) is 54.8 Å². The molecule has 2 fully saturated rings. The monoisotopic (exact) mass is 516 g/mol. The lowest BCUT2D eigenvalue weighted by Crippen LogP contribution is -2.34. The van der Waals surface area contributed by atoms with Crippen molar-refractivity contribution in [1.82, 2.24) is 9.80 Å². The van der Waals surface area contributed by atoms with Crippen LogP contribution in [-0.4, -0.2) is 62.9 Å². The molecule has 182 valence electrons. The fourth-order valence-electron chi connectivity index (χ4n) is 3.75. The number of aliphatic carboxylic acids is 1. The number of thioether (sulfide) groups is 1. The van der Waals surface area contributed by atoms with Crippen LogP contribution in [0.2, 0.25) is 0 Å². The van der Waals surface area contributed by atoms with Crippen LogP contribution in [0.3, 0.4) is 0 Å². The smallest absolute Gasteiger partial charge is 0.410 e. The molecule has 35 heavy (non-hydrogen) atoms. The van der Waals surface area contributed by atoms with Gasteiger partial charge in [0, 0.05) is 6.54 Å². The third kappa shape index (κ3) is 5.63. The van der Waals surface area contributed by atoms with Crippen LogP contribution in [0.5, 0.6) is 11.5 Å². The number of halogens is 1. The highest BCUT2D eigenvalue weighted by atomic mass is 32.2. The van der Waals surface area contributed by atoms with E-state index in [1.165, 1.54) is 18.2 Å². The molecular formula is C24H21FN2O6S2. The minimum Gasteiger partial charge on any atom is -0.480 e. The maximum atomic E-state index is 14.7. The van der Waals surface area contributed by atoms with Gasteiger partial charge in [0.1, 0.15) is 23.2 Å². The molecule has 2 aromatic rings. The third-order valence-electron chi connectivity index (χ3n) is 5.46. The second-order valence-corrected chi connectivity index (χ2v) is 9.49. The predicted octanol–water partition coefficient (Wildman–Crippen LogP) is 4.29. The summed E-state index contributed by atoms with van der Waals surface area (Å²) in [6.45, 7) is 2.31. The van der Waals surface area contributed by atoms with E-state index in [1.807, 2.05) is 19.1 Å². The van der Waals surface area contributed by atoms with Gasteiger partial charge in [0.25, 0.3) is 5.91 Å². The average Bonchev–Trinajstić information content (AvgIpc) is 3.29. The second kappa shape index (κ2) is 10.4. The Morgan fingerprint density at radius 3 is 2.69 bits per heavy atom. The summed E-state index contributed by atoms with van der Waals surface area (Å²) in [5.41, 5.74) is 1.41. The Balaban J connectivity index is 1.41. The molecule has 2 heterocycles. The molecule has 8 nitrogen and oxygen atoms in total. The molecule has 2 aromatic carbocycles. The van der Waals surface area contributed by atoms with Crippen LogP contribution in [0, 0.1) is 5.82 Å². The largest absolute Gasteiger partial charge is 0.480 e.